The average Bonchev–Trinajstić information content (AvgIpc) is 2.57. The minimum Gasteiger partial charge on any atom is -0.439 e. The maximum Gasteiger partial charge on any atom is 0.231 e. The molecule has 0 radical (unpaired) electrons. The molecule has 2 aromatic rings. The molecule has 2 N–H and O–H groups in total. The fourth-order valence-electron chi connectivity index (χ4n) is 2.99. The second-order valence-electron chi connectivity index (χ2n) is 6.28. The van der Waals surface area contributed by atoms with Crippen LogP contribution in [0, 0.1) is 12.7 Å². The Morgan fingerprint density at radius 2 is 1.96 bits per heavy atom. The maximum atomic E-state index is 13.0. The molecule has 0 saturated carbocycles. The third-order valence-corrected chi connectivity index (χ3v) is 4.22. The van der Waals surface area contributed by atoms with Gasteiger partial charge in [0.2, 0.25) is 11.8 Å². The number of ether oxygens (including phenoxy) is 1. The summed E-state index contributed by atoms with van der Waals surface area (Å²) in [6.45, 7) is 3.77. The highest BCUT2D eigenvalue weighted by atomic mass is 19.1. The van der Waals surface area contributed by atoms with Gasteiger partial charge in [-0.3, -0.25) is 9.69 Å². The number of nitrogens with two attached hydrogens (primary N) is 1. The molecule has 1 aromatic carbocycles. The Bertz CT molecular complexity index is 743. The first kappa shape index (κ1) is 17.3. The molecule has 0 atom stereocenters. The van der Waals surface area contributed by atoms with Crippen LogP contribution in [0.3, 0.4) is 0 Å². The van der Waals surface area contributed by atoms with E-state index in [4.69, 9.17) is 10.5 Å². The van der Waals surface area contributed by atoms with E-state index in [9.17, 15) is 9.18 Å². The van der Waals surface area contributed by atoms with Gasteiger partial charge in [0.25, 0.3) is 0 Å². The van der Waals surface area contributed by atoms with Crippen LogP contribution in [0.5, 0.6) is 11.6 Å². The van der Waals surface area contributed by atoms with Crippen molar-refractivity contribution in [2.75, 3.05) is 19.6 Å². The lowest BCUT2D eigenvalue weighted by molar-refractivity contribution is -0.119. The number of aromatic nitrogens is 2. The first-order chi connectivity index (χ1) is 12.0. The van der Waals surface area contributed by atoms with E-state index in [0.29, 0.717) is 18.2 Å². The molecule has 6 nitrogen and oxygen atoms in total. The normalized spacial score (nSPS) is 15.9. The molecule has 0 aliphatic carbocycles. The lowest BCUT2D eigenvalue weighted by atomic mass is 9.96. The van der Waals surface area contributed by atoms with E-state index in [0.717, 1.165) is 37.4 Å². The number of amides is 1. The van der Waals surface area contributed by atoms with Gasteiger partial charge in [-0.1, -0.05) is 0 Å². The molecule has 0 spiro atoms. The van der Waals surface area contributed by atoms with Crippen LogP contribution in [0.2, 0.25) is 0 Å². The van der Waals surface area contributed by atoms with Crippen molar-refractivity contribution in [2.45, 2.75) is 25.7 Å². The van der Waals surface area contributed by atoms with Crippen molar-refractivity contribution >= 4 is 5.91 Å². The van der Waals surface area contributed by atoms with Gasteiger partial charge in [0.15, 0.2) is 0 Å². The molecular weight excluding hydrogens is 323 g/mol. The van der Waals surface area contributed by atoms with Crippen LogP contribution >= 0.6 is 0 Å². The van der Waals surface area contributed by atoms with E-state index in [2.05, 4.69) is 9.97 Å². The highest BCUT2D eigenvalue weighted by molar-refractivity contribution is 5.75. The van der Waals surface area contributed by atoms with Crippen LogP contribution in [0.25, 0.3) is 0 Å². The van der Waals surface area contributed by atoms with Gasteiger partial charge in [-0.25, -0.2) is 9.37 Å². The molecule has 1 aliphatic rings. The predicted octanol–water partition coefficient (Wildman–Crippen LogP) is 2.38. The van der Waals surface area contributed by atoms with Crippen LogP contribution < -0.4 is 10.5 Å². The molecule has 1 amide bonds. The van der Waals surface area contributed by atoms with E-state index in [-0.39, 0.29) is 17.6 Å². The number of carbonyl (C=O) groups excluding carboxylic acids is 1. The number of likely N-dealkylation sites (tertiary alicyclic amines) is 1. The molecule has 0 unspecified atom stereocenters. The molecule has 1 saturated heterocycles. The summed E-state index contributed by atoms with van der Waals surface area (Å²) in [5, 5.41) is 0. The van der Waals surface area contributed by atoms with E-state index < -0.39 is 0 Å². The highest BCUT2D eigenvalue weighted by Gasteiger charge is 2.24. The third kappa shape index (κ3) is 4.73. The largest absolute Gasteiger partial charge is 0.439 e. The fourth-order valence-corrected chi connectivity index (χ4v) is 2.99. The van der Waals surface area contributed by atoms with Crippen molar-refractivity contribution in [1.29, 1.82) is 0 Å². The van der Waals surface area contributed by atoms with Gasteiger partial charge in [0.05, 0.1) is 6.54 Å². The quantitative estimate of drug-likeness (QED) is 0.901. The van der Waals surface area contributed by atoms with Crippen LogP contribution in [0.4, 0.5) is 4.39 Å². The number of benzene rings is 1. The SMILES string of the molecule is Cc1cc(Oc2ccc(F)cc2)nc(C2CCN(CC(N)=O)CC2)n1. The van der Waals surface area contributed by atoms with Gasteiger partial charge in [-0.05, 0) is 57.1 Å². The van der Waals surface area contributed by atoms with Crippen molar-refractivity contribution in [3.05, 3.63) is 47.7 Å². The number of hydrogen-bond acceptors (Lipinski definition) is 5. The standard InChI is InChI=1S/C18H21FN4O2/c1-12-10-17(25-15-4-2-14(19)3-5-15)22-18(21-12)13-6-8-23(9-7-13)11-16(20)24/h2-5,10,13H,6-9,11H2,1H3,(H2,20,24). The topological polar surface area (TPSA) is 81.3 Å². The monoisotopic (exact) mass is 344 g/mol. The summed E-state index contributed by atoms with van der Waals surface area (Å²) in [5.41, 5.74) is 6.07. The number of halogens is 1. The molecule has 3 rings (SSSR count). The van der Waals surface area contributed by atoms with Gasteiger partial charge < -0.3 is 10.5 Å². The first-order valence-electron chi connectivity index (χ1n) is 8.29. The lowest BCUT2D eigenvalue weighted by Gasteiger charge is -2.30. The summed E-state index contributed by atoms with van der Waals surface area (Å²) < 4.78 is 18.7. The van der Waals surface area contributed by atoms with Crippen molar-refractivity contribution in [3.63, 3.8) is 0 Å². The highest BCUT2D eigenvalue weighted by Crippen LogP contribution is 2.28. The van der Waals surface area contributed by atoms with Crippen LogP contribution in [0.1, 0.15) is 30.3 Å². The lowest BCUT2D eigenvalue weighted by Crippen LogP contribution is -2.39. The number of primary amides is 1. The number of piperidine rings is 1. The summed E-state index contributed by atoms with van der Waals surface area (Å²) in [4.78, 5) is 22.1. The zero-order valence-corrected chi connectivity index (χ0v) is 14.1. The number of hydrogen-bond donors (Lipinski definition) is 1. The second-order valence-corrected chi connectivity index (χ2v) is 6.28. The smallest absolute Gasteiger partial charge is 0.231 e. The Morgan fingerprint density at radius 3 is 2.60 bits per heavy atom. The maximum absolute atomic E-state index is 13.0. The van der Waals surface area contributed by atoms with Crippen molar-refractivity contribution in [3.8, 4) is 11.6 Å². The summed E-state index contributed by atoms with van der Waals surface area (Å²) in [7, 11) is 0. The molecule has 1 fully saturated rings. The summed E-state index contributed by atoms with van der Waals surface area (Å²) >= 11 is 0. The number of carbonyl (C=O) groups is 1. The predicted molar refractivity (Wildman–Crippen MR) is 90.9 cm³/mol. The summed E-state index contributed by atoms with van der Waals surface area (Å²) in [6, 6.07) is 7.58. The van der Waals surface area contributed by atoms with E-state index in [1.807, 2.05) is 11.8 Å². The number of nitrogens with zero attached hydrogens (tertiary/aromatic N) is 3. The Labute approximate surface area is 145 Å². The summed E-state index contributed by atoms with van der Waals surface area (Å²) in [6.07, 6.45) is 1.74. The fraction of sp³-hybridized carbons (Fsp3) is 0.389. The zero-order valence-electron chi connectivity index (χ0n) is 14.1. The molecule has 132 valence electrons. The van der Waals surface area contributed by atoms with Gasteiger partial charge in [0.1, 0.15) is 17.4 Å². The number of rotatable bonds is 5. The molecule has 1 aromatic heterocycles. The van der Waals surface area contributed by atoms with Crippen molar-refractivity contribution in [1.82, 2.24) is 14.9 Å². The molecule has 7 heteroatoms. The van der Waals surface area contributed by atoms with Crippen LogP contribution in [-0.4, -0.2) is 40.4 Å². The van der Waals surface area contributed by atoms with Gasteiger partial charge in [0, 0.05) is 17.7 Å². The zero-order chi connectivity index (χ0) is 17.8. The van der Waals surface area contributed by atoms with E-state index in [1.54, 1.807) is 18.2 Å². The van der Waals surface area contributed by atoms with Crippen LogP contribution in [0.15, 0.2) is 30.3 Å². The second kappa shape index (κ2) is 7.57. The Balaban J connectivity index is 1.69. The minimum atomic E-state index is -0.311. The van der Waals surface area contributed by atoms with E-state index >= 15 is 0 Å². The van der Waals surface area contributed by atoms with Crippen molar-refractivity contribution in [2.24, 2.45) is 5.73 Å². The minimum absolute atomic E-state index is 0.222. The molecule has 0 bridgehead atoms. The number of aryl methyl sites for hydroxylation is 1. The average molecular weight is 344 g/mol. The van der Waals surface area contributed by atoms with E-state index in [1.165, 1.54) is 12.1 Å². The molecule has 25 heavy (non-hydrogen) atoms. The molecule has 2 heterocycles. The molecular formula is C18H21FN4O2. The van der Waals surface area contributed by atoms with Crippen LogP contribution in [-0.2, 0) is 4.79 Å². The first-order valence-corrected chi connectivity index (χ1v) is 8.29. The van der Waals surface area contributed by atoms with Gasteiger partial charge in [-0.2, -0.15) is 4.98 Å². The van der Waals surface area contributed by atoms with Gasteiger partial charge >= 0.3 is 0 Å². The Kier molecular flexibility index (Phi) is 5.23. The van der Waals surface area contributed by atoms with Gasteiger partial charge in [-0.15, -0.1) is 0 Å². The van der Waals surface area contributed by atoms with Crippen molar-refractivity contribution < 1.29 is 13.9 Å². The summed E-state index contributed by atoms with van der Waals surface area (Å²) in [5.74, 6) is 1.33. The third-order valence-electron chi connectivity index (χ3n) is 4.22. The molecule has 1 aliphatic heterocycles. The Morgan fingerprint density at radius 1 is 1.28 bits per heavy atom. The Hall–Kier alpha value is -2.54.